The first-order valence-electron chi connectivity index (χ1n) is 3.12. The summed E-state index contributed by atoms with van der Waals surface area (Å²) in [4.78, 5) is 0. The third-order valence-electron chi connectivity index (χ3n) is 0.961. The lowest BCUT2D eigenvalue weighted by molar-refractivity contribution is 0.119. The molecule has 0 unspecified atom stereocenters. The van der Waals surface area contributed by atoms with Gasteiger partial charge < -0.3 is 4.74 Å². The summed E-state index contributed by atoms with van der Waals surface area (Å²) < 4.78 is 3.29. The van der Waals surface area contributed by atoms with Crippen molar-refractivity contribution < 1.29 is 4.74 Å². The second-order valence-electron chi connectivity index (χ2n) is 2.48. The first-order chi connectivity index (χ1) is 4.42. The molecular formula is C6H11Cl3O. The van der Waals surface area contributed by atoms with E-state index in [1.807, 2.05) is 0 Å². The summed E-state index contributed by atoms with van der Waals surface area (Å²) in [5.74, 6) is 0.576. The molecule has 0 aromatic carbocycles. The van der Waals surface area contributed by atoms with Crippen LogP contribution in [-0.2, 0) is 4.74 Å². The Kier molecular flexibility index (Phi) is 5.04. The van der Waals surface area contributed by atoms with Gasteiger partial charge in [0.25, 0.3) is 3.98 Å². The fourth-order valence-corrected chi connectivity index (χ4v) is 0.642. The number of halogens is 3. The Balaban J connectivity index is 3.21. The van der Waals surface area contributed by atoms with Crippen molar-refractivity contribution in [2.24, 2.45) is 5.92 Å². The van der Waals surface area contributed by atoms with Gasteiger partial charge in [0.1, 0.15) is 0 Å². The van der Waals surface area contributed by atoms with E-state index in [0.29, 0.717) is 12.5 Å². The predicted octanol–water partition coefficient (Wildman–Crippen LogP) is 3.38. The first kappa shape index (κ1) is 10.8. The first-order valence-corrected chi connectivity index (χ1v) is 4.26. The number of rotatable bonds is 3. The van der Waals surface area contributed by atoms with Crippen LogP contribution in [0.3, 0.4) is 0 Å². The quantitative estimate of drug-likeness (QED) is 0.642. The molecule has 1 nitrogen and oxygen atoms in total. The van der Waals surface area contributed by atoms with Gasteiger partial charge in [0, 0.05) is 0 Å². The molecule has 0 atom stereocenters. The zero-order chi connectivity index (χ0) is 8.20. The Morgan fingerprint density at radius 3 is 2.10 bits per heavy atom. The summed E-state index contributed by atoms with van der Waals surface area (Å²) in [6.45, 7) is 4.66. The van der Waals surface area contributed by atoms with Crippen LogP contribution < -0.4 is 0 Å². The average molecular weight is 206 g/mol. The highest BCUT2D eigenvalue weighted by Gasteiger charge is 2.19. The molecule has 0 heterocycles. The van der Waals surface area contributed by atoms with E-state index in [-0.39, 0.29) is 0 Å². The summed E-state index contributed by atoms with van der Waals surface area (Å²) in [5, 5.41) is 0. The molecule has 0 saturated carbocycles. The van der Waals surface area contributed by atoms with Crippen molar-refractivity contribution in [2.45, 2.75) is 24.2 Å². The largest absolute Gasteiger partial charge is 0.334 e. The van der Waals surface area contributed by atoms with Gasteiger partial charge in [0.15, 0.2) is 0 Å². The fraction of sp³-hybridized carbons (Fsp3) is 1.00. The maximum atomic E-state index is 5.33. The van der Waals surface area contributed by atoms with Crippen molar-refractivity contribution in [1.29, 1.82) is 0 Å². The standard InChI is InChI=1S/C6H11Cl3O/c1-5(2)3-4-10-6(7,8)9/h5H,3-4H2,1-2H3. The normalized spacial score (nSPS) is 12.6. The molecule has 0 bridgehead atoms. The summed E-state index contributed by atoms with van der Waals surface area (Å²) >= 11 is 16.0. The molecule has 0 rings (SSSR count). The molecule has 0 radical (unpaired) electrons. The minimum absolute atomic E-state index is 0.494. The van der Waals surface area contributed by atoms with E-state index in [0.717, 1.165) is 6.42 Å². The number of alkyl halides is 3. The summed E-state index contributed by atoms with van der Waals surface area (Å²) in [7, 11) is 0. The van der Waals surface area contributed by atoms with Crippen LogP contribution in [0.1, 0.15) is 20.3 Å². The number of hydrogen-bond acceptors (Lipinski definition) is 1. The van der Waals surface area contributed by atoms with Crippen LogP contribution in [0.25, 0.3) is 0 Å². The molecule has 0 aliphatic rings. The van der Waals surface area contributed by atoms with Gasteiger partial charge in [-0.3, -0.25) is 0 Å². The van der Waals surface area contributed by atoms with Crippen molar-refractivity contribution in [3.63, 3.8) is 0 Å². The van der Waals surface area contributed by atoms with Crippen molar-refractivity contribution in [1.82, 2.24) is 0 Å². The van der Waals surface area contributed by atoms with Gasteiger partial charge in [0.05, 0.1) is 6.61 Å². The third kappa shape index (κ3) is 8.83. The molecule has 62 valence electrons. The van der Waals surface area contributed by atoms with Crippen molar-refractivity contribution in [2.75, 3.05) is 6.61 Å². The Bertz CT molecular complexity index is 87.5. The maximum absolute atomic E-state index is 5.33. The van der Waals surface area contributed by atoms with Crippen LogP contribution in [-0.4, -0.2) is 10.6 Å². The molecule has 0 aliphatic carbocycles. The zero-order valence-corrected chi connectivity index (χ0v) is 8.30. The molecule has 4 heteroatoms. The van der Waals surface area contributed by atoms with Crippen LogP contribution in [0, 0.1) is 5.92 Å². The Morgan fingerprint density at radius 2 is 1.80 bits per heavy atom. The van der Waals surface area contributed by atoms with Crippen molar-refractivity contribution in [3.8, 4) is 0 Å². The van der Waals surface area contributed by atoms with Crippen LogP contribution in [0.5, 0.6) is 0 Å². The molecule has 0 aromatic rings. The zero-order valence-electron chi connectivity index (χ0n) is 6.03. The third-order valence-corrected chi connectivity index (χ3v) is 1.29. The molecule has 0 N–H and O–H groups in total. The number of ether oxygens (including phenoxy) is 1. The molecule has 0 aromatic heterocycles. The second-order valence-corrected chi connectivity index (χ2v) is 4.65. The summed E-state index contributed by atoms with van der Waals surface area (Å²) in [6, 6.07) is 0. The van der Waals surface area contributed by atoms with Gasteiger partial charge in [-0.2, -0.15) is 0 Å². The molecule has 10 heavy (non-hydrogen) atoms. The van der Waals surface area contributed by atoms with Crippen molar-refractivity contribution in [3.05, 3.63) is 0 Å². The lowest BCUT2D eigenvalue weighted by Crippen LogP contribution is -2.11. The van der Waals surface area contributed by atoms with Crippen LogP contribution in [0.15, 0.2) is 0 Å². The summed E-state index contributed by atoms with van der Waals surface area (Å²) in [5.41, 5.74) is 0. The van der Waals surface area contributed by atoms with Crippen molar-refractivity contribution >= 4 is 34.8 Å². The van der Waals surface area contributed by atoms with E-state index in [2.05, 4.69) is 13.8 Å². The maximum Gasteiger partial charge on any atom is 0.297 e. The van der Waals surface area contributed by atoms with Gasteiger partial charge in [0.2, 0.25) is 0 Å². The minimum atomic E-state index is -1.55. The Morgan fingerprint density at radius 1 is 1.30 bits per heavy atom. The monoisotopic (exact) mass is 204 g/mol. The van der Waals surface area contributed by atoms with Gasteiger partial charge in [-0.1, -0.05) is 48.7 Å². The van der Waals surface area contributed by atoms with Crippen LogP contribution >= 0.6 is 34.8 Å². The van der Waals surface area contributed by atoms with Crippen LogP contribution in [0.2, 0.25) is 0 Å². The molecular weight excluding hydrogens is 194 g/mol. The van der Waals surface area contributed by atoms with E-state index >= 15 is 0 Å². The lowest BCUT2D eigenvalue weighted by Gasteiger charge is -2.12. The highest BCUT2D eigenvalue weighted by atomic mass is 35.6. The van der Waals surface area contributed by atoms with Gasteiger partial charge in [-0.25, -0.2) is 0 Å². The van der Waals surface area contributed by atoms with E-state index in [4.69, 9.17) is 39.5 Å². The van der Waals surface area contributed by atoms with E-state index in [1.165, 1.54) is 0 Å². The Hall–Kier alpha value is 0.830. The topological polar surface area (TPSA) is 9.23 Å². The fourth-order valence-electron chi connectivity index (χ4n) is 0.410. The SMILES string of the molecule is CC(C)CCOC(Cl)(Cl)Cl. The van der Waals surface area contributed by atoms with E-state index in [9.17, 15) is 0 Å². The predicted molar refractivity (Wildman–Crippen MR) is 45.7 cm³/mol. The molecule has 0 saturated heterocycles. The van der Waals surface area contributed by atoms with Crippen LogP contribution in [0.4, 0.5) is 0 Å². The molecule has 0 aliphatic heterocycles. The second kappa shape index (κ2) is 4.66. The lowest BCUT2D eigenvalue weighted by atomic mass is 10.1. The number of hydrogen-bond donors (Lipinski definition) is 0. The van der Waals surface area contributed by atoms with E-state index in [1.54, 1.807) is 0 Å². The smallest absolute Gasteiger partial charge is 0.297 e. The molecule has 0 spiro atoms. The summed E-state index contributed by atoms with van der Waals surface area (Å²) in [6.07, 6.45) is 0.911. The van der Waals surface area contributed by atoms with Gasteiger partial charge in [-0.15, -0.1) is 0 Å². The highest BCUT2D eigenvalue weighted by Crippen LogP contribution is 2.27. The van der Waals surface area contributed by atoms with Gasteiger partial charge in [-0.05, 0) is 12.3 Å². The Labute approximate surface area is 76.6 Å². The molecule has 0 fully saturated rings. The van der Waals surface area contributed by atoms with E-state index < -0.39 is 3.98 Å². The minimum Gasteiger partial charge on any atom is -0.334 e. The average Bonchev–Trinajstić information content (AvgIpc) is 1.59. The van der Waals surface area contributed by atoms with Gasteiger partial charge >= 0.3 is 0 Å². The molecule has 0 amide bonds. The highest BCUT2D eigenvalue weighted by molar-refractivity contribution is 6.66.